The zero-order chi connectivity index (χ0) is 10.4. The molecule has 80 valence electrons. The second-order valence-electron chi connectivity index (χ2n) is 4.14. The summed E-state index contributed by atoms with van der Waals surface area (Å²) in [5.74, 6) is 0.400. The number of thiophene rings is 1. The SMILES string of the molecule is CC(C)C(O)CCCCc1cccs1. The van der Waals surface area contributed by atoms with E-state index in [-0.39, 0.29) is 6.10 Å². The van der Waals surface area contributed by atoms with Crippen molar-refractivity contribution in [3.05, 3.63) is 22.4 Å². The Kier molecular flexibility index (Phi) is 5.20. The summed E-state index contributed by atoms with van der Waals surface area (Å²) in [6.45, 7) is 4.15. The Morgan fingerprint density at radius 1 is 1.36 bits per heavy atom. The number of unbranched alkanes of at least 4 members (excludes halogenated alkanes) is 1. The molecule has 0 spiro atoms. The lowest BCUT2D eigenvalue weighted by Gasteiger charge is -2.13. The summed E-state index contributed by atoms with van der Waals surface area (Å²) in [6.07, 6.45) is 4.34. The van der Waals surface area contributed by atoms with Gasteiger partial charge in [0.2, 0.25) is 0 Å². The van der Waals surface area contributed by atoms with Crippen molar-refractivity contribution in [3.8, 4) is 0 Å². The summed E-state index contributed by atoms with van der Waals surface area (Å²) in [4.78, 5) is 1.46. The quantitative estimate of drug-likeness (QED) is 0.716. The molecule has 1 aromatic heterocycles. The molecule has 0 saturated heterocycles. The molecule has 2 heteroatoms. The van der Waals surface area contributed by atoms with Gasteiger partial charge in [0.05, 0.1) is 6.10 Å². The van der Waals surface area contributed by atoms with Crippen LogP contribution >= 0.6 is 11.3 Å². The highest BCUT2D eigenvalue weighted by Gasteiger charge is 2.07. The normalized spacial score (nSPS) is 13.4. The molecule has 1 nitrogen and oxygen atoms in total. The Hall–Kier alpha value is -0.340. The van der Waals surface area contributed by atoms with Gasteiger partial charge < -0.3 is 5.11 Å². The molecular formula is C12H20OS. The van der Waals surface area contributed by atoms with Gasteiger partial charge in [-0.2, -0.15) is 0 Å². The van der Waals surface area contributed by atoms with Crippen molar-refractivity contribution < 1.29 is 5.11 Å². The van der Waals surface area contributed by atoms with Crippen molar-refractivity contribution >= 4 is 11.3 Å². The van der Waals surface area contributed by atoms with E-state index < -0.39 is 0 Å². The van der Waals surface area contributed by atoms with Gasteiger partial charge in [0.15, 0.2) is 0 Å². The lowest BCUT2D eigenvalue weighted by atomic mass is 10.0. The topological polar surface area (TPSA) is 20.2 Å². The molecule has 0 fully saturated rings. The number of aliphatic hydroxyl groups is 1. The van der Waals surface area contributed by atoms with E-state index >= 15 is 0 Å². The first-order chi connectivity index (χ1) is 6.70. The summed E-state index contributed by atoms with van der Waals surface area (Å²) in [5.41, 5.74) is 0. The highest BCUT2D eigenvalue weighted by Crippen LogP contribution is 2.15. The second-order valence-corrected chi connectivity index (χ2v) is 5.17. The Balaban J connectivity index is 2.05. The molecular weight excluding hydrogens is 192 g/mol. The van der Waals surface area contributed by atoms with Crippen molar-refractivity contribution in [1.82, 2.24) is 0 Å². The van der Waals surface area contributed by atoms with Crippen LogP contribution in [0.25, 0.3) is 0 Å². The largest absolute Gasteiger partial charge is 0.393 e. The zero-order valence-corrected chi connectivity index (χ0v) is 9.89. The van der Waals surface area contributed by atoms with E-state index in [1.807, 2.05) is 11.3 Å². The maximum atomic E-state index is 9.59. The summed E-state index contributed by atoms with van der Waals surface area (Å²) >= 11 is 1.83. The first-order valence-electron chi connectivity index (χ1n) is 5.40. The van der Waals surface area contributed by atoms with E-state index in [4.69, 9.17) is 0 Å². The van der Waals surface area contributed by atoms with Gasteiger partial charge in [-0.15, -0.1) is 11.3 Å². The van der Waals surface area contributed by atoms with E-state index in [0.29, 0.717) is 5.92 Å². The van der Waals surface area contributed by atoms with E-state index in [1.54, 1.807) is 0 Å². The molecule has 0 amide bonds. The van der Waals surface area contributed by atoms with Gasteiger partial charge in [0.25, 0.3) is 0 Å². The van der Waals surface area contributed by atoms with Crippen molar-refractivity contribution in [3.63, 3.8) is 0 Å². The van der Waals surface area contributed by atoms with Gasteiger partial charge in [-0.1, -0.05) is 26.3 Å². The first-order valence-corrected chi connectivity index (χ1v) is 6.28. The van der Waals surface area contributed by atoms with Gasteiger partial charge in [0.1, 0.15) is 0 Å². The summed E-state index contributed by atoms with van der Waals surface area (Å²) in [6, 6.07) is 4.28. The maximum absolute atomic E-state index is 9.59. The molecule has 1 heterocycles. The van der Waals surface area contributed by atoms with Crippen molar-refractivity contribution in [1.29, 1.82) is 0 Å². The Labute approximate surface area is 90.8 Å². The van der Waals surface area contributed by atoms with Crippen LogP contribution in [0.1, 0.15) is 38.0 Å². The van der Waals surface area contributed by atoms with Crippen molar-refractivity contribution in [2.45, 2.75) is 45.6 Å². The predicted octanol–water partition coefficient (Wildman–Crippen LogP) is 3.48. The van der Waals surface area contributed by atoms with Crippen LogP contribution in [0.15, 0.2) is 17.5 Å². The van der Waals surface area contributed by atoms with Gasteiger partial charge in [-0.25, -0.2) is 0 Å². The molecule has 1 atom stereocenters. The molecule has 0 aromatic carbocycles. The van der Waals surface area contributed by atoms with E-state index in [1.165, 1.54) is 17.7 Å². The number of hydrogen-bond acceptors (Lipinski definition) is 2. The minimum absolute atomic E-state index is 0.113. The molecule has 1 rings (SSSR count). The Bertz CT molecular complexity index is 228. The zero-order valence-electron chi connectivity index (χ0n) is 9.07. The molecule has 14 heavy (non-hydrogen) atoms. The van der Waals surface area contributed by atoms with Crippen LogP contribution in [0, 0.1) is 5.92 Å². The Morgan fingerprint density at radius 3 is 2.71 bits per heavy atom. The highest BCUT2D eigenvalue weighted by atomic mass is 32.1. The average molecular weight is 212 g/mol. The minimum atomic E-state index is -0.113. The molecule has 0 radical (unpaired) electrons. The van der Waals surface area contributed by atoms with Crippen molar-refractivity contribution in [2.24, 2.45) is 5.92 Å². The lowest BCUT2D eigenvalue weighted by molar-refractivity contribution is 0.113. The summed E-state index contributed by atoms with van der Waals surface area (Å²) < 4.78 is 0. The van der Waals surface area contributed by atoms with Gasteiger partial charge >= 0.3 is 0 Å². The van der Waals surface area contributed by atoms with E-state index in [2.05, 4.69) is 31.4 Å². The highest BCUT2D eigenvalue weighted by molar-refractivity contribution is 7.09. The molecule has 0 saturated carbocycles. The number of hydrogen-bond donors (Lipinski definition) is 1. The molecule has 1 unspecified atom stereocenters. The van der Waals surface area contributed by atoms with Crippen LogP contribution in [0.5, 0.6) is 0 Å². The second kappa shape index (κ2) is 6.20. The fourth-order valence-electron chi connectivity index (χ4n) is 1.44. The van der Waals surface area contributed by atoms with Crippen LogP contribution in [-0.2, 0) is 6.42 Å². The molecule has 0 aliphatic carbocycles. The number of rotatable bonds is 6. The molecule has 0 aliphatic rings. The fraction of sp³-hybridized carbons (Fsp3) is 0.667. The molecule has 1 N–H and O–H groups in total. The summed E-state index contributed by atoms with van der Waals surface area (Å²) in [7, 11) is 0. The fourth-order valence-corrected chi connectivity index (χ4v) is 2.19. The van der Waals surface area contributed by atoms with Crippen LogP contribution in [-0.4, -0.2) is 11.2 Å². The van der Waals surface area contributed by atoms with Crippen LogP contribution in [0.2, 0.25) is 0 Å². The number of aryl methyl sites for hydroxylation is 1. The van der Waals surface area contributed by atoms with Gasteiger partial charge in [-0.05, 0) is 36.6 Å². The lowest BCUT2D eigenvalue weighted by Crippen LogP contribution is -2.14. The molecule has 0 aliphatic heterocycles. The van der Waals surface area contributed by atoms with E-state index in [9.17, 15) is 5.11 Å². The van der Waals surface area contributed by atoms with Crippen molar-refractivity contribution in [2.75, 3.05) is 0 Å². The Morgan fingerprint density at radius 2 is 2.14 bits per heavy atom. The monoisotopic (exact) mass is 212 g/mol. The van der Waals surface area contributed by atoms with Gasteiger partial charge in [-0.3, -0.25) is 0 Å². The molecule has 1 aromatic rings. The third-order valence-corrected chi connectivity index (χ3v) is 3.46. The third kappa shape index (κ3) is 4.25. The average Bonchev–Trinajstić information content (AvgIpc) is 2.64. The van der Waals surface area contributed by atoms with E-state index in [0.717, 1.165) is 12.8 Å². The predicted molar refractivity (Wildman–Crippen MR) is 62.7 cm³/mol. The maximum Gasteiger partial charge on any atom is 0.0563 e. The standard InChI is InChI=1S/C12H20OS/c1-10(2)12(13)8-4-3-6-11-7-5-9-14-11/h5,7,9-10,12-13H,3-4,6,8H2,1-2H3. The third-order valence-electron chi connectivity index (χ3n) is 2.52. The minimum Gasteiger partial charge on any atom is -0.393 e. The first kappa shape index (κ1) is 11.7. The van der Waals surface area contributed by atoms with Crippen LogP contribution in [0.3, 0.4) is 0 Å². The molecule has 0 bridgehead atoms. The summed E-state index contributed by atoms with van der Waals surface area (Å²) in [5, 5.41) is 11.7. The number of aliphatic hydroxyl groups excluding tert-OH is 1. The smallest absolute Gasteiger partial charge is 0.0563 e. The van der Waals surface area contributed by atoms with Crippen LogP contribution in [0.4, 0.5) is 0 Å². The van der Waals surface area contributed by atoms with Crippen LogP contribution < -0.4 is 0 Å². The van der Waals surface area contributed by atoms with Gasteiger partial charge in [0, 0.05) is 4.88 Å².